The molecule has 1 aliphatic rings. The van der Waals surface area contributed by atoms with Crippen LogP contribution in [0.4, 0.5) is 9.18 Å². The zero-order valence-corrected chi connectivity index (χ0v) is 18.4. The van der Waals surface area contributed by atoms with Crippen LogP contribution in [0, 0.1) is 11.7 Å². The van der Waals surface area contributed by atoms with Gasteiger partial charge in [0.05, 0.1) is 5.56 Å². The topological polar surface area (TPSA) is 114 Å². The van der Waals surface area contributed by atoms with E-state index in [9.17, 15) is 23.6 Å². The van der Waals surface area contributed by atoms with E-state index in [1.807, 2.05) is 0 Å². The van der Waals surface area contributed by atoms with Crippen LogP contribution in [0.5, 0.6) is 0 Å². The molecule has 0 aliphatic heterocycles. The second-order valence-electron chi connectivity index (χ2n) is 7.94. The average Bonchev–Trinajstić information content (AvgIpc) is 2.76. The van der Waals surface area contributed by atoms with Crippen molar-refractivity contribution in [2.45, 2.75) is 52.0 Å². The molecule has 0 heterocycles. The standard InChI is InChI=1S/C23H30FN3O5/c1-15(2)20(27-21(29)17-10-6-7-11-18(17)24)22(30)32-14-19(28)26-23(31)25-13-12-16-8-4-3-5-9-16/h6-8,10-11,15,20H,3-5,9,12-14H2,1-2H3,(H,27,29)(H2,25,26,28,31)/t20-/m0/s1. The number of ether oxygens (including phenoxy) is 1. The highest BCUT2D eigenvalue weighted by Gasteiger charge is 2.27. The van der Waals surface area contributed by atoms with E-state index in [1.165, 1.54) is 30.2 Å². The quantitative estimate of drug-likeness (QED) is 0.398. The molecule has 0 fully saturated rings. The van der Waals surface area contributed by atoms with Gasteiger partial charge in [-0.3, -0.25) is 14.9 Å². The van der Waals surface area contributed by atoms with Gasteiger partial charge in [0, 0.05) is 6.54 Å². The Kier molecular flexibility index (Phi) is 9.84. The van der Waals surface area contributed by atoms with Crippen molar-refractivity contribution in [1.29, 1.82) is 0 Å². The number of allylic oxidation sites excluding steroid dienone is 1. The van der Waals surface area contributed by atoms with Gasteiger partial charge in [-0.05, 0) is 50.2 Å². The fraction of sp³-hybridized carbons (Fsp3) is 0.478. The monoisotopic (exact) mass is 447 g/mol. The number of imide groups is 1. The molecule has 32 heavy (non-hydrogen) atoms. The summed E-state index contributed by atoms with van der Waals surface area (Å²) in [5, 5.41) is 7.11. The number of carbonyl (C=O) groups is 4. The molecule has 1 aromatic rings. The van der Waals surface area contributed by atoms with Crippen molar-refractivity contribution < 1.29 is 28.3 Å². The molecular formula is C23H30FN3O5. The molecule has 0 unspecified atom stereocenters. The van der Waals surface area contributed by atoms with E-state index >= 15 is 0 Å². The number of urea groups is 1. The molecule has 0 saturated heterocycles. The maximum atomic E-state index is 13.8. The van der Waals surface area contributed by atoms with Gasteiger partial charge in [0.25, 0.3) is 11.8 Å². The average molecular weight is 448 g/mol. The second kappa shape index (κ2) is 12.6. The molecule has 1 atom stereocenters. The number of benzene rings is 1. The fourth-order valence-electron chi connectivity index (χ4n) is 3.26. The van der Waals surface area contributed by atoms with Crippen LogP contribution in [-0.4, -0.2) is 43.0 Å². The van der Waals surface area contributed by atoms with E-state index in [0.29, 0.717) is 6.54 Å². The van der Waals surface area contributed by atoms with Crippen LogP contribution in [0.15, 0.2) is 35.9 Å². The Labute approximate surface area is 187 Å². The third-order valence-electron chi connectivity index (χ3n) is 5.04. The third-order valence-corrected chi connectivity index (χ3v) is 5.04. The van der Waals surface area contributed by atoms with Gasteiger partial charge in [-0.1, -0.05) is 37.6 Å². The molecule has 0 bridgehead atoms. The summed E-state index contributed by atoms with van der Waals surface area (Å²) >= 11 is 0. The van der Waals surface area contributed by atoms with Crippen LogP contribution in [0.2, 0.25) is 0 Å². The van der Waals surface area contributed by atoms with Gasteiger partial charge < -0.3 is 15.4 Å². The maximum absolute atomic E-state index is 13.8. The maximum Gasteiger partial charge on any atom is 0.329 e. The molecule has 9 heteroatoms. The van der Waals surface area contributed by atoms with E-state index in [1.54, 1.807) is 13.8 Å². The molecule has 3 N–H and O–H groups in total. The van der Waals surface area contributed by atoms with E-state index in [0.717, 1.165) is 31.7 Å². The van der Waals surface area contributed by atoms with Crippen LogP contribution < -0.4 is 16.0 Å². The zero-order valence-electron chi connectivity index (χ0n) is 18.4. The predicted molar refractivity (Wildman–Crippen MR) is 116 cm³/mol. The van der Waals surface area contributed by atoms with Crippen LogP contribution in [0.25, 0.3) is 0 Å². The lowest BCUT2D eigenvalue weighted by atomic mass is 9.97. The second-order valence-corrected chi connectivity index (χ2v) is 7.94. The molecule has 4 amide bonds. The largest absolute Gasteiger partial charge is 0.454 e. The number of hydrogen-bond donors (Lipinski definition) is 3. The van der Waals surface area contributed by atoms with Crippen LogP contribution in [-0.2, 0) is 14.3 Å². The van der Waals surface area contributed by atoms with E-state index < -0.39 is 42.3 Å². The number of amides is 4. The summed E-state index contributed by atoms with van der Waals surface area (Å²) in [6, 6.07) is 3.62. The van der Waals surface area contributed by atoms with Gasteiger partial charge >= 0.3 is 12.0 Å². The smallest absolute Gasteiger partial charge is 0.329 e. The first-order chi connectivity index (χ1) is 15.3. The minimum absolute atomic E-state index is 0.204. The lowest BCUT2D eigenvalue weighted by Gasteiger charge is -2.21. The van der Waals surface area contributed by atoms with Crippen LogP contribution in [0.3, 0.4) is 0 Å². The molecule has 1 aliphatic carbocycles. The highest BCUT2D eigenvalue weighted by molar-refractivity contribution is 5.98. The van der Waals surface area contributed by atoms with Crippen molar-refractivity contribution in [2.75, 3.05) is 13.2 Å². The van der Waals surface area contributed by atoms with Crippen molar-refractivity contribution in [2.24, 2.45) is 5.92 Å². The summed E-state index contributed by atoms with van der Waals surface area (Å²) < 4.78 is 18.7. The van der Waals surface area contributed by atoms with E-state index in [4.69, 9.17) is 4.74 Å². The van der Waals surface area contributed by atoms with Crippen molar-refractivity contribution in [1.82, 2.24) is 16.0 Å². The minimum atomic E-state index is -1.09. The summed E-state index contributed by atoms with van der Waals surface area (Å²) in [7, 11) is 0. The molecule has 0 spiro atoms. The van der Waals surface area contributed by atoms with Gasteiger partial charge in [-0.15, -0.1) is 0 Å². The molecule has 8 nitrogen and oxygen atoms in total. The summed E-state index contributed by atoms with van der Waals surface area (Å²) in [4.78, 5) is 48.4. The van der Waals surface area contributed by atoms with Gasteiger partial charge in [-0.25, -0.2) is 14.0 Å². The van der Waals surface area contributed by atoms with Gasteiger partial charge in [0.1, 0.15) is 11.9 Å². The zero-order chi connectivity index (χ0) is 23.5. The Hall–Kier alpha value is -3.23. The lowest BCUT2D eigenvalue weighted by Crippen LogP contribution is -2.47. The predicted octanol–water partition coefficient (Wildman–Crippen LogP) is 2.84. The highest BCUT2D eigenvalue weighted by atomic mass is 19.1. The number of nitrogens with one attached hydrogen (secondary N) is 3. The SMILES string of the molecule is CC(C)[C@H](NC(=O)c1ccccc1F)C(=O)OCC(=O)NC(=O)NCCC1=CCCCC1. The molecule has 1 aromatic carbocycles. The Balaban J connectivity index is 1.76. The van der Waals surface area contributed by atoms with E-state index in [-0.39, 0.29) is 11.5 Å². The van der Waals surface area contributed by atoms with Crippen molar-refractivity contribution in [3.05, 3.63) is 47.3 Å². The molecule has 174 valence electrons. The number of esters is 1. The Morgan fingerprint density at radius 1 is 1.12 bits per heavy atom. The first-order valence-corrected chi connectivity index (χ1v) is 10.8. The number of carbonyl (C=O) groups excluding carboxylic acids is 4. The first-order valence-electron chi connectivity index (χ1n) is 10.8. The Bertz CT molecular complexity index is 869. The minimum Gasteiger partial charge on any atom is -0.454 e. The number of hydrogen-bond acceptors (Lipinski definition) is 5. The normalized spacial score (nSPS) is 14.2. The summed E-state index contributed by atoms with van der Waals surface area (Å²) in [6.45, 7) is 3.06. The van der Waals surface area contributed by atoms with E-state index in [2.05, 4.69) is 22.0 Å². The van der Waals surface area contributed by atoms with Gasteiger partial charge in [0.15, 0.2) is 6.61 Å². The first kappa shape index (κ1) is 25.0. The lowest BCUT2D eigenvalue weighted by molar-refractivity contribution is -0.151. The van der Waals surface area contributed by atoms with Crippen LogP contribution >= 0.6 is 0 Å². The third kappa shape index (κ3) is 8.13. The Morgan fingerprint density at radius 3 is 2.53 bits per heavy atom. The summed E-state index contributed by atoms with van der Waals surface area (Å²) in [5.74, 6) is -3.51. The molecule has 0 aromatic heterocycles. The number of rotatable bonds is 9. The van der Waals surface area contributed by atoms with Crippen molar-refractivity contribution >= 4 is 23.8 Å². The summed E-state index contributed by atoms with van der Waals surface area (Å²) in [5.41, 5.74) is 1.10. The van der Waals surface area contributed by atoms with Crippen LogP contribution in [0.1, 0.15) is 56.3 Å². The van der Waals surface area contributed by atoms with Gasteiger partial charge in [-0.2, -0.15) is 0 Å². The van der Waals surface area contributed by atoms with Crippen molar-refractivity contribution in [3.63, 3.8) is 0 Å². The van der Waals surface area contributed by atoms with Crippen molar-refractivity contribution in [3.8, 4) is 0 Å². The fourth-order valence-corrected chi connectivity index (χ4v) is 3.26. The molecule has 2 rings (SSSR count). The summed E-state index contributed by atoms with van der Waals surface area (Å²) in [6.07, 6.45) is 7.35. The molecule has 0 radical (unpaired) electrons. The number of halogens is 1. The highest BCUT2D eigenvalue weighted by Crippen LogP contribution is 2.19. The molecule has 0 saturated carbocycles. The van der Waals surface area contributed by atoms with Gasteiger partial charge in [0.2, 0.25) is 0 Å². The molecular weight excluding hydrogens is 417 g/mol. The Morgan fingerprint density at radius 2 is 1.88 bits per heavy atom.